The Balaban J connectivity index is 4.22. The van der Waals surface area contributed by atoms with Crippen molar-refractivity contribution in [1.82, 2.24) is 26.6 Å². The van der Waals surface area contributed by atoms with Crippen molar-refractivity contribution < 1.29 is 48.9 Å². The molecule has 0 aromatic rings. The lowest BCUT2D eigenvalue weighted by Crippen LogP contribution is -2.49. The van der Waals surface area contributed by atoms with E-state index in [-0.39, 0.29) is 51.1 Å². The minimum Gasteiger partial charge on any atom is -0.481 e. The van der Waals surface area contributed by atoms with Crippen LogP contribution in [0, 0.1) is 0 Å². The van der Waals surface area contributed by atoms with Crippen LogP contribution in [0.25, 0.3) is 0 Å². The van der Waals surface area contributed by atoms with Gasteiger partial charge in [-0.15, -0.1) is 0 Å². The van der Waals surface area contributed by atoms with E-state index in [1.165, 1.54) is 7.05 Å². The van der Waals surface area contributed by atoms with Gasteiger partial charge in [-0.05, 0) is 26.3 Å². The highest BCUT2D eigenvalue weighted by Gasteiger charge is 2.22. The van der Waals surface area contributed by atoms with Crippen molar-refractivity contribution in [2.45, 2.75) is 56.7 Å². The summed E-state index contributed by atoms with van der Waals surface area (Å²) in [6, 6.07) is -4.39. The highest BCUT2D eigenvalue weighted by atomic mass is 16.4. The van der Waals surface area contributed by atoms with E-state index in [0.29, 0.717) is 6.29 Å². The number of hydrogen-bond acceptors (Lipinski definition) is 8. The summed E-state index contributed by atoms with van der Waals surface area (Å²) in [6.07, 6.45) is -0.601. The number of rotatable bonds is 18. The first kappa shape index (κ1) is 30.2. The summed E-state index contributed by atoms with van der Waals surface area (Å²) < 4.78 is 0. The number of urea groups is 1. The number of carbonyl (C=O) groups is 7. The lowest BCUT2D eigenvalue weighted by atomic mass is 10.1. The molecule has 0 saturated heterocycles. The van der Waals surface area contributed by atoms with Crippen LogP contribution in [0.3, 0.4) is 0 Å². The molecule has 15 nitrogen and oxygen atoms in total. The predicted octanol–water partition coefficient (Wildman–Crippen LogP) is -2.36. The van der Waals surface area contributed by atoms with Gasteiger partial charge in [0.05, 0.1) is 6.04 Å². The molecule has 0 rings (SSSR count). The van der Waals surface area contributed by atoms with Gasteiger partial charge in [0.25, 0.3) is 0 Å². The molecular formula is C19H31N5O10. The van der Waals surface area contributed by atoms with Crippen LogP contribution in [0.1, 0.15) is 38.5 Å². The normalized spacial score (nSPS) is 13.0. The summed E-state index contributed by atoms with van der Waals surface area (Å²) in [6.45, 7) is 0.190. The van der Waals surface area contributed by atoms with Crippen LogP contribution < -0.4 is 26.6 Å². The Morgan fingerprint density at radius 3 is 1.68 bits per heavy atom. The van der Waals surface area contributed by atoms with Crippen molar-refractivity contribution in [3.8, 4) is 0 Å². The third-order valence-electron chi connectivity index (χ3n) is 4.49. The number of likely N-dealkylation sites (N-methyl/N-ethyl adjacent to an activating group) is 1. The molecule has 0 aliphatic rings. The molecule has 0 aromatic heterocycles. The Kier molecular flexibility index (Phi) is 15.0. The molecule has 4 amide bonds. The summed E-state index contributed by atoms with van der Waals surface area (Å²) in [7, 11) is 1.47. The summed E-state index contributed by atoms with van der Waals surface area (Å²) in [5, 5.41) is 38.4. The fourth-order valence-corrected chi connectivity index (χ4v) is 2.60. The Morgan fingerprint density at radius 1 is 0.735 bits per heavy atom. The molecule has 0 saturated carbocycles. The molecule has 0 aromatic carbocycles. The van der Waals surface area contributed by atoms with Gasteiger partial charge in [-0.3, -0.25) is 19.2 Å². The lowest BCUT2D eigenvalue weighted by Gasteiger charge is -2.17. The fourth-order valence-electron chi connectivity index (χ4n) is 2.60. The van der Waals surface area contributed by atoms with Gasteiger partial charge in [0.2, 0.25) is 11.8 Å². The first-order valence-corrected chi connectivity index (χ1v) is 10.4. The van der Waals surface area contributed by atoms with Crippen molar-refractivity contribution in [2.24, 2.45) is 0 Å². The van der Waals surface area contributed by atoms with E-state index in [9.17, 15) is 33.6 Å². The number of carboxylic acids is 3. The van der Waals surface area contributed by atoms with Gasteiger partial charge in [-0.2, -0.15) is 0 Å². The largest absolute Gasteiger partial charge is 0.481 e. The van der Waals surface area contributed by atoms with Crippen LogP contribution >= 0.6 is 0 Å². The van der Waals surface area contributed by atoms with Crippen LogP contribution in [0.5, 0.6) is 0 Å². The van der Waals surface area contributed by atoms with E-state index in [4.69, 9.17) is 15.3 Å². The summed E-state index contributed by atoms with van der Waals surface area (Å²) in [5.41, 5.74) is 0. The van der Waals surface area contributed by atoms with Gasteiger partial charge < -0.3 is 46.7 Å². The number of nitrogens with one attached hydrogen (secondary N) is 5. The van der Waals surface area contributed by atoms with Gasteiger partial charge in [0, 0.05) is 32.4 Å². The summed E-state index contributed by atoms with van der Waals surface area (Å²) in [5.74, 6) is -4.58. The second-order valence-electron chi connectivity index (χ2n) is 7.14. The van der Waals surface area contributed by atoms with Crippen LogP contribution in [0.15, 0.2) is 0 Å². The standard InChI is InChI=1S/C19H31N5O10/c1-20-12(17(30)31)3-6-15(27)22-9-8-21-14(26)5-2-11(10-25)23-19(34)24-13(18(32)33)4-7-16(28)29/h10-13,20H,2-9H2,1H3,(H,21,26)(H,22,27)(H,28,29)(H,30,31)(H,32,33)(H2,23,24,34). The maximum Gasteiger partial charge on any atom is 0.326 e. The maximum absolute atomic E-state index is 11.9. The molecular weight excluding hydrogens is 458 g/mol. The van der Waals surface area contributed by atoms with E-state index in [0.717, 1.165) is 0 Å². The molecule has 0 aliphatic carbocycles. The topological polar surface area (TPSA) is 240 Å². The molecule has 0 bridgehead atoms. The minimum atomic E-state index is -1.46. The van der Waals surface area contributed by atoms with Gasteiger partial charge in [0.1, 0.15) is 18.4 Å². The third kappa shape index (κ3) is 14.3. The molecule has 0 heterocycles. The predicted molar refractivity (Wildman–Crippen MR) is 115 cm³/mol. The van der Waals surface area contributed by atoms with Crippen LogP contribution in [-0.4, -0.2) is 95.6 Å². The van der Waals surface area contributed by atoms with Crippen LogP contribution in [0.4, 0.5) is 4.79 Å². The lowest BCUT2D eigenvalue weighted by molar-refractivity contribution is -0.141. The average molecular weight is 489 g/mol. The zero-order valence-corrected chi connectivity index (χ0v) is 18.7. The second kappa shape index (κ2) is 16.8. The Labute approximate surface area is 195 Å². The van der Waals surface area contributed by atoms with Crippen molar-refractivity contribution in [3.05, 3.63) is 0 Å². The van der Waals surface area contributed by atoms with Crippen LogP contribution in [-0.2, 0) is 28.8 Å². The van der Waals surface area contributed by atoms with E-state index >= 15 is 0 Å². The number of amides is 4. The SMILES string of the molecule is CNC(CCC(=O)NCCNC(=O)CCC(C=O)NC(=O)NC(CCC(=O)O)C(=O)O)C(=O)O. The molecule has 0 radical (unpaired) electrons. The molecule has 0 aliphatic heterocycles. The van der Waals surface area contributed by atoms with Crippen molar-refractivity contribution in [1.29, 1.82) is 0 Å². The molecule has 3 unspecified atom stereocenters. The summed E-state index contributed by atoms with van der Waals surface area (Å²) >= 11 is 0. The minimum absolute atomic E-state index is 0.0143. The van der Waals surface area contributed by atoms with Gasteiger partial charge in [-0.25, -0.2) is 9.59 Å². The van der Waals surface area contributed by atoms with Crippen molar-refractivity contribution in [3.63, 3.8) is 0 Å². The van der Waals surface area contributed by atoms with E-state index < -0.39 is 54.4 Å². The first-order chi connectivity index (χ1) is 16.0. The maximum atomic E-state index is 11.9. The molecule has 3 atom stereocenters. The van der Waals surface area contributed by atoms with Crippen molar-refractivity contribution >= 4 is 42.0 Å². The molecule has 0 spiro atoms. The highest BCUT2D eigenvalue weighted by molar-refractivity contribution is 5.85. The second-order valence-corrected chi connectivity index (χ2v) is 7.14. The van der Waals surface area contributed by atoms with Gasteiger partial charge >= 0.3 is 23.9 Å². The van der Waals surface area contributed by atoms with Gasteiger partial charge in [0.15, 0.2) is 0 Å². The van der Waals surface area contributed by atoms with E-state index in [1.807, 2.05) is 0 Å². The smallest absolute Gasteiger partial charge is 0.326 e. The molecule has 0 fully saturated rings. The monoisotopic (exact) mass is 489 g/mol. The number of aliphatic carboxylic acids is 3. The van der Waals surface area contributed by atoms with Crippen molar-refractivity contribution in [2.75, 3.05) is 20.1 Å². The molecule has 8 N–H and O–H groups in total. The number of aldehydes is 1. The summed E-state index contributed by atoms with van der Waals surface area (Å²) in [4.78, 5) is 79.1. The number of hydrogen-bond donors (Lipinski definition) is 8. The Bertz CT molecular complexity index is 745. The van der Waals surface area contributed by atoms with E-state index in [2.05, 4.69) is 26.6 Å². The first-order valence-electron chi connectivity index (χ1n) is 10.4. The highest BCUT2D eigenvalue weighted by Crippen LogP contribution is 2.00. The molecule has 192 valence electrons. The molecule has 34 heavy (non-hydrogen) atoms. The van der Waals surface area contributed by atoms with Crippen LogP contribution in [0.2, 0.25) is 0 Å². The quantitative estimate of drug-likeness (QED) is 0.0747. The number of carboxylic acid groups (broad SMARTS) is 3. The molecule has 15 heteroatoms. The fraction of sp³-hybridized carbons (Fsp3) is 0.632. The zero-order valence-electron chi connectivity index (χ0n) is 18.7. The Hall–Kier alpha value is -3.75. The average Bonchev–Trinajstić information content (AvgIpc) is 2.76. The zero-order chi connectivity index (χ0) is 26.1. The van der Waals surface area contributed by atoms with E-state index in [1.54, 1.807) is 0 Å². The third-order valence-corrected chi connectivity index (χ3v) is 4.49. The number of carbonyl (C=O) groups excluding carboxylic acids is 4. The Morgan fingerprint density at radius 2 is 1.24 bits per heavy atom. The van der Waals surface area contributed by atoms with Gasteiger partial charge in [-0.1, -0.05) is 0 Å².